The summed E-state index contributed by atoms with van der Waals surface area (Å²) in [6, 6.07) is 11.5. The fraction of sp³-hybridized carbons (Fsp3) is 0.0870. The van der Waals surface area contributed by atoms with Crippen molar-refractivity contribution in [2.45, 2.75) is 6.42 Å². The summed E-state index contributed by atoms with van der Waals surface area (Å²) in [4.78, 5) is 24.1. The molecule has 0 aliphatic heterocycles. The Morgan fingerprint density at radius 1 is 1.17 bits per heavy atom. The minimum Gasteiger partial charge on any atom is -0.465 e. The van der Waals surface area contributed by atoms with Gasteiger partial charge in [0.25, 0.3) is 0 Å². The Kier molecular flexibility index (Phi) is 5.81. The molecule has 4 aromatic rings. The van der Waals surface area contributed by atoms with Crippen molar-refractivity contribution in [1.82, 2.24) is 15.0 Å². The van der Waals surface area contributed by atoms with Crippen LogP contribution in [0, 0.1) is 5.82 Å². The molecule has 0 aliphatic carbocycles. The second-order valence-corrected chi connectivity index (χ2v) is 7.42. The fourth-order valence-electron chi connectivity index (χ4n) is 3.15. The number of H-pyrrole nitrogens is 1. The fourth-order valence-corrected chi connectivity index (χ4v) is 3.81. The molecular formula is C23H18FN3O2S. The molecule has 4 rings (SSSR count). The number of imidazole rings is 1. The number of rotatable bonds is 6. The third-order valence-corrected chi connectivity index (χ3v) is 5.41. The van der Waals surface area contributed by atoms with Gasteiger partial charge in [0, 0.05) is 30.4 Å². The van der Waals surface area contributed by atoms with Gasteiger partial charge in [-0.05, 0) is 52.6 Å². The number of allylic oxidation sites excluding steroid dienone is 1. The van der Waals surface area contributed by atoms with Crippen molar-refractivity contribution in [2.75, 3.05) is 7.11 Å². The molecular weight excluding hydrogens is 401 g/mol. The van der Waals surface area contributed by atoms with E-state index in [1.165, 1.54) is 19.2 Å². The number of carbonyl (C=O) groups is 1. The van der Waals surface area contributed by atoms with Gasteiger partial charge in [-0.3, -0.25) is 0 Å². The molecule has 0 unspecified atom stereocenters. The molecule has 30 heavy (non-hydrogen) atoms. The highest BCUT2D eigenvalue weighted by Crippen LogP contribution is 2.29. The topological polar surface area (TPSA) is 67.9 Å². The normalized spacial score (nSPS) is 11.5. The van der Waals surface area contributed by atoms with Crippen LogP contribution in [0.4, 0.5) is 4.39 Å². The molecule has 150 valence electrons. The zero-order chi connectivity index (χ0) is 20.9. The standard InChI is InChI=1S/C23H18FN3O2S/c1-29-23(28)19-7-2-15(13-20(19)16-3-5-18(24)6-4-16)12-17(22-27-10-11-30-22)14-21-25-8-9-26-21/h2-13H,14H2,1H3,(H,25,26). The molecule has 0 aliphatic rings. The maximum atomic E-state index is 13.4. The van der Waals surface area contributed by atoms with Gasteiger partial charge in [0.2, 0.25) is 0 Å². The third kappa shape index (κ3) is 4.36. The smallest absolute Gasteiger partial charge is 0.338 e. The number of methoxy groups -OCH3 is 1. The van der Waals surface area contributed by atoms with Crippen molar-refractivity contribution in [3.63, 3.8) is 0 Å². The molecule has 2 aromatic heterocycles. The Balaban J connectivity index is 1.80. The van der Waals surface area contributed by atoms with E-state index in [4.69, 9.17) is 4.74 Å². The van der Waals surface area contributed by atoms with Gasteiger partial charge in [-0.2, -0.15) is 0 Å². The van der Waals surface area contributed by atoms with Gasteiger partial charge in [0.1, 0.15) is 16.6 Å². The van der Waals surface area contributed by atoms with Gasteiger partial charge in [-0.25, -0.2) is 19.2 Å². The summed E-state index contributed by atoms with van der Waals surface area (Å²) < 4.78 is 18.3. The first kappa shape index (κ1) is 19.7. The van der Waals surface area contributed by atoms with Crippen LogP contribution in [0.2, 0.25) is 0 Å². The number of halogens is 1. The molecule has 0 radical (unpaired) electrons. The number of hydrogen-bond donors (Lipinski definition) is 1. The Labute approximate surface area is 176 Å². The SMILES string of the molecule is COC(=O)c1ccc(C=C(Cc2ncc[nH]2)c2nccs2)cc1-c1ccc(F)cc1. The first-order valence-corrected chi connectivity index (χ1v) is 10.1. The molecule has 2 aromatic carbocycles. The van der Waals surface area contributed by atoms with E-state index in [-0.39, 0.29) is 5.82 Å². The zero-order valence-electron chi connectivity index (χ0n) is 16.1. The van der Waals surface area contributed by atoms with E-state index in [9.17, 15) is 9.18 Å². The minimum absolute atomic E-state index is 0.334. The second-order valence-electron chi connectivity index (χ2n) is 6.52. The van der Waals surface area contributed by atoms with E-state index in [1.807, 2.05) is 23.6 Å². The molecule has 0 amide bonds. The molecule has 0 bridgehead atoms. The van der Waals surface area contributed by atoms with Crippen LogP contribution in [-0.2, 0) is 11.2 Å². The van der Waals surface area contributed by atoms with Crippen LogP contribution in [0.15, 0.2) is 66.4 Å². The van der Waals surface area contributed by atoms with E-state index in [0.29, 0.717) is 17.5 Å². The quantitative estimate of drug-likeness (QED) is 0.434. The van der Waals surface area contributed by atoms with Crippen molar-refractivity contribution in [3.05, 3.63) is 94.2 Å². The summed E-state index contributed by atoms with van der Waals surface area (Å²) >= 11 is 1.55. The van der Waals surface area contributed by atoms with Crippen LogP contribution in [0.1, 0.15) is 26.8 Å². The third-order valence-electron chi connectivity index (χ3n) is 4.56. The van der Waals surface area contributed by atoms with Gasteiger partial charge < -0.3 is 9.72 Å². The Morgan fingerprint density at radius 3 is 2.67 bits per heavy atom. The van der Waals surface area contributed by atoms with Crippen molar-refractivity contribution >= 4 is 29.0 Å². The molecule has 1 N–H and O–H groups in total. The van der Waals surface area contributed by atoms with Gasteiger partial charge in [-0.1, -0.05) is 18.2 Å². The van der Waals surface area contributed by atoms with Crippen LogP contribution in [0.25, 0.3) is 22.8 Å². The van der Waals surface area contributed by atoms with E-state index >= 15 is 0 Å². The number of nitrogens with one attached hydrogen (secondary N) is 1. The van der Waals surface area contributed by atoms with Gasteiger partial charge in [0.05, 0.1) is 12.7 Å². The highest BCUT2D eigenvalue weighted by atomic mass is 32.1. The van der Waals surface area contributed by atoms with Crippen LogP contribution >= 0.6 is 11.3 Å². The highest BCUT2D eigenvalue weighted by molar-refractivity contribution is 7.10. The van der Waals surface area contributed by atoms with Crippen molar-refractivity contribution in [2.24, 2.45) is 0 Å². The Hall–Kier alpha value is -3.58. The average molecular weight is 419 g/mol. The first-order valence-electron chi connectivity index (χ1n) is 9.21. The molecule has 2 heterocycles. The zero-order valence-corrected chi connectivity index (χ0v) is 16.9. The monoisotopic (exact) mass is 419 g/mol. The number of benzene rings is 2. The number of esters is 1. The lowest BCUT2D eigenvalue weighted by Crippen LogP contribution is -2.04. The van der Waals surface area contributed by atoms with Gasteiger partial charge in [-0.15, -0.1) is 11.3 Å². The van der Waals surface area contributed by atoms with Crippen molar-refractivity contribution < 1.29 is 13.9 Å². The largest absolute Gasteiger partial charge is 0.465 e. The number of aromatic amines is 1. The van der Waals surface area contributed by atoms with Crippen LogP contribution in [0.5, 0.6) is 0 Å². The lowest BCUT2D eigenvalue weighted by Gasteiger charge is -2.11. The Morgan fingerprint density at radius 2 is 2.00 bits per heavy atom. The Bertz CT molecular complexity index is 1170. The summed E-state index contributed by atoms with van der Waals surface area (Å²) in [7, 11) is 1.34. The predicted octanol–water partition coefficient (Wildman–Crippen LogP) is 5.24. The van der Waals surface area contributed by atoms with E-state index in [0.717, 1.165) is 27.5 Å². The number of hydrogen-bond acceptors (Lipinski definition) is 5. The minimum atomic E-state index is -0.444. The van der Waals surface area contributed by atoms with Crippen LogP contribution in [0.3, 0.4) is 0 Å². The van der Waals surface area contributed by atoms with Gasteiger partial charge in [0.15, 0.2) is 0 Å². The second kappa shape index (κ2) is 8.84. The van der Waals surface area contributed by atoms with Gasteiger partial charge >= 0.3 is 5.97 Å². The summed E-state index contributed by atoms with van der Waals surface area (Å²) in [5.74, 6) is 0.0564. The summed E-state index contributed by atoms with van der Waals surface area (Å²) in [5, 5.41) is 2.82. The number of carbonyl (C=O) groups excluding carboxylic acids is 1. The first-order chi connectivity index (χ1) is 14.6. The maximum Gasteiger partial charge on any atom is 0.338 e. The van der Waals surface area contributed by atoms with Crippen molar-refractivity contribution in [3.8, 4) is 11.1 Å². The molecule has 0 atom stereocenters. The predicted molar refractivity (Wildman–Crippen MR) is 115 cm³/mol. The molecule has 7 heteroatoms. The summed E-state index contributed by atoms with van der Waals surface area (Å²) in [6.45, 7) is 0. The van der Waals surface area contributed by atoms with E-state index in [2.05, 4.69) is 15.0 Å². The van der Waals surface area contributed by atoms with E-state index < -0.39 is 5.97 Å². The lowest BCUT2D eigenvalue weighted by molar-refractivity contribution is 0.0601. The average Bonchev–Trinajstić information content (AvgIpc) is 3.47. The lowest BCUT2D eigenvalue weighted by atomic mass is 9.96. The van der Waals surface area contributed by atoms with Crippen LogP contribution < -0.4 is 0 Å². The highest BCUT2D eigenvalue weighted by Gasteiger charge is 2.15. The molecule has 0 saturated heterocycles. The van der Waals surface area contributed by atoms with E-state index in [1.54, 1.807) is 48.1 Å². The molecule has 0 saturated carbocycles. The van der Waals surface area contributed by atoms with Crippen molar-refractivity contribution in [1.29, 1.82) is 0 Å². The number of ether oxygens (including phenoxy) is 1. The number of thiazole rings is 1. The van der Waals surface area contributed by atoms with Crippen LogP contribution in [-0.4, -0.2) is 28.0 Å². The maximum absolute atomic E-state index is 13.4. The summed E-state index contributed by atoms with van der Waals surface area (Å²) in [6.07, 6.45) is 7.88. The molecule has 0 fully saturated rings. The number of nitrogens with zero attached hydrogens (tertiary/aromatic N) is 2. The number of aromatic nitrogens is 3. The molecule has 0 spiro atoms. The summed E-state index contributed by atoms with van der Waals surface area (Å²) in [5.41, 5.74) is 3.71. The molecule has 5 nitrogen and oxygen atoms in total.